The van der Waals surface area contributed by atoms with Crippen molar-refractivity contribution in [2.24, 2.45) is 11.8 Å². The average Bonchev–Trinajstić information content (AvgIpc) is 3.28. The Labute approximate surface area is 143 Å². The summed E-state index contributed by atoms with van der Waals surface area (Å²) in [5, 5.41) is 2.99. The van der Waals surface area contributed by atoms with Crippen LogP contribution in [0.25, 0.3) is 0 Å². The van der Waals surface area contributed by atoms with Gasteiger partial charge in [0.2, 0.25) is 21.8 Å². The van der Waals surface area contributed by atoms with Crippen LogP contribution in [0, 0.1) is 11.8 Å². The molecule has 1 atom stereocenters. The summed E-state index contributed by atoms with van der Waals surface area (Å²) < 4.78 is 24.5. The zero-order valence-corrected chi connectivity index (χ0v) is 15.1. The zero-order chi connectivity index (χ0) is 17.3. The van der Waals surface area contributed by atoms with Gasteiger partial charge in [0.1, 0.15) is 6.04 Å². The van der Waals surface area contributed by atoms with E-state index in [4.69, 9.17) is 0 Å². The van der Waals surface area contributed by atoms with Gasteiger partial charge < -0.3 is 10.2 Å². The summed E-state index contributed by atoms with van der Waals surface area (Å²) in [5.74, 6) is 0.556. The predicted octanol–water partition coefficient (Wildman–Crippen LogP) is 0.175. The maximum Gasteiger partial charge on any atom is 0.242 e. The second-order valence-electron chi connectivity index (χ2n) is 7.31. The Hall–Kier alpha value is -1.15. The third kappa shape index (κ3) is 4.08. The lowest BCUT2D eigenvalue weighted by Crippen LogP contribution is -2.48. The Balaban J connectivity index is 1.45. The van der Waals surface area contributed by atoms with Crippen molar-refractivity contribution in [3.8, 4) is 0 Å². The second kappa shape index (κ2) is 7.00. The molecule has 1 saturated carbocycles. The van der Waals surface area contributed by atoms with Crippen molar-refractivity contribution in [2.75, 3.05) is 32.4 Å². The van der Waals surface area contributed by atoms with E-state index in [9.17, 15) is 18.0 Å². The standard InChI is InChI=1S/C16H27N3O4S/c1-24(22,23)18-9-6-12(7-10-18)11-17-15(20)14-3-2-8-19(14)16(21)13-4-5-13/h12-14H,2-11H2,1H3,(H,17,20). The third-order valence-corrected chi connectivity index (χ3v) is 6.68. The van der Waals surface area contributed by atoms with E-state index in [0.29, 0.717) is 32.1 Å². The van der Waals surface area contributed by atoms with E-state index in [-0.39, 0.29) is 23.8 Å². The molecule has 0 radical (unpaired) electrons. The minimum atomic E-state index is -3.11. The molecule has 2 saturated heterocycles. The van der Waals surface area contributed by atoms with Gasteiger partial charge in [0.15, 0.2) is 0 Å². The molecule has 1 aliphatic carbocycles. The highest BCUT2D eigenvalue weighted by molar-refractivity contribution is 7.88. The number of hydrogen-bond donors (Lipinski definition) is 1. The van der Waals surface area contributed by atoms with Gasteiger partial charge in [-0.2, -0.15) is 0 Å². The first kappa shape index (κ1) is 17.7. The minimum absolute atomic E-state index is 0.0490. The fourth-order valence-corrected chi connectivity index (χ4v) is 4.55. The average molecular weight is 357 g/mol. The summed E-state index contributed by atoms with van der Waals surface area (Å²) in [7, 11) is -3.11. The van der Waals surface area contributed by atoms with Crippen LogP contribution in [0.3, 0.4) is 0 Å². The molecule has 8 heteroatoms. The summed E-state index contributed by atoms with van der Waals surface area (Å²) in [5.41, 5.74) is 0. The third-order valence-electron chi connectivity index (χ3n) is 5.37. The Bertz CT molecular complexity index is 594. The Kier molecular flexibility index (Phi) is 5.15. The number of carbonyl (C=O) groups excluding carboxylic acids is 2. The number of amides is 2. The van der Waals surface area contributed by atoms with Crippen molar-refractivity contribution in [1.82, 2.24) is 14.5 Å². The molecule has 3 fully saturated rings. The van der Waals surface area contributed by atoms with Crippen molar-refractivity contribution in [2.45, 2.75) is 44.6 Å². The van der Waals surface area contributed by atoms with E-state index < -0.39 is 10.0 Å². The van der Waals surface area contributed by atoms with Crippen molar-refractivity contribution in [3.63, 3.8) is 0 Å². The molecule has 3 rings (SSSR count). The van der Waals surface area contributed by atoms with Crippen LogP contribution in [0.4, 0.5) is 0 Å². The van der Waals surface area contributed by atoms with E-state index in [1.807, 2.05) is 0 Å². The topological polar surface area (TPSA) is 86.8 Å². The zero-order valence-electron chi connectivity index (χ0n) is 14.2. The molecule has 1 N–H and O–H groups in total. The molecule has 0 aromatic carbocycles. The monoisotopic (exact) mass is 357 g/mol. The molecule has 2 heterocycles. The van der Waals surface area contributed by atoms with Crippen LogP contribution in [0.1, 0.15) is 38.5 Å². The fraction of sp³-hybridized carbons (Fsp3) is 0.875. The van der Waals surface area contributed by atoms with Crippen LogP contribution in [0.2, 0.25) is 0 Å². The molecule has 2 aliphatic heterocycles. The Morgan fingerprint density at radius 1 is 1.04 bits per heavy atom. The Morgan fingerprint density at radius 2 is 1.71 bits per heavy atom. The lowest BCUT2D eigenvalue weighted by molar-refractivity contribution is -0.139. The predicted molar refractivity (Wildman–Crippen MR) is 89.6 cm³/mol. The van der Waals surface area contributed by atoms with Gasteiger partial charge in [0.05, 0.1) is 6.26 Å². The lowest BCUT2D eigenvalue weighted by atomic mass is 9.98. The summed E-state index contributed by atoms with van der Waals surface area (Å²) in [6.45, 7) is 2.31. The highest BCUT2D eigenvalue weighted by Gasteiger charge is 2.40. The van der Waals surface area contributed by atoms with E-state index in [0.717, 1.165) is 38.5 Å². The summed E-state index contributed by atoms with van der Waals surface area (Å²) in [6, 6.07) is -0.311. The molecule has 24 heavy (non-hydrogen) atoms. The van der Waals surface area contributed by atoms with Gasteiger partial charge in [-0.1, -0.05) is 0 Å². The number of sulfonamides is 1. The van der Waals surface area contributed by atoms with Gasteiger partial charge in [-0.15, -0.1) is 0 Å². The number of likely N-dealkylation sites (tertiary alicyclic amines) is 1. The van der Waals surface area contributed by atoms with E-state index >= 15 is 0 Å². The van der Waals surface area contributed by atoms with Gasteiger partial charge in [0.25, 0.3) is 0 Å². The first-order chi connectivity index (χ1) is 11.4. The number of nitrogens with one attached hydrogen (secondary N) is 1. The maximum absolute atomic E-state index is 12.5. The minimum Gasteiger partial charge on any atom is -0.354 e. The molecule has 136 valence electrons. The number of rotatable bonds is 5. The molecule has 1 unspecified atom stereocenters. The fourth-order valence-electron chi connectivity index (χ4n) is 3.68. The molecule has 0 spiro atoms. The van der Waals surface area contributed by atoms with Crippen molar-refractivity contribution < 1.29 is 18.0 Å². The van der Waals surface area contributed by atoms with E-state index in [1.165, 1.54) is 10.6 Å². The number of nitrogens with zero attached hydrogens (tertiary/aromatic N) is 2. The second-order valence-corrected chi connectivity index (χ2v) is 9.30. The highest BCUT2D eigenvalue weighted by atomic mass is 32.2. The first-order valence-electron chi connectivity index (χ1n) is 8.89. The van der Waals surface area contributed by atoms with Crippen LogP contribution in [-0.4, -0.2) is 67.9 Å². The summed E-state index contributed by atoms with van der Waals surface area (Å²) in [6.07, 6.45) is 6.33. The van der Waals surface area contributed by atoms with Gasteiger partial charge in [-0.25, -0.2) is 12.7 Å². The molecule has 0 aromatic heterocycles. The lowest BCUT2D eigenvalue weighted by Gasteiger charge is -2.31. The maximum atomic E-state index is 12.5. The van der Waals surface area contributed by atoms with Gasteiger partial charge in [-0.05, 0) is 44.4 Å². The smallest absolute Gasteiger partial charge is 0.242 e. The molecule has 0 aromatic rings. The molecule has 3 aliphatic rings. The number of piperidine rings is 1. The Morgan fingerprint density at radius 3 is 2.29 bits per heavy atom. The van der Waals surface area contributed by atoms with Gasteiger partial charge in [0, 0.05) is 32.1 Å². The molecular formula is C16H27N3O4S. The number of carbonyl (C=O) groups is 2. The quantitative estimate of drug-likeness (QED) is 0.760. The molecule has 7 nitrogen and oxygen atoms in total. The van der Waals surface area contributed by atoms with E-state index in [1.54, 1.807) is 4.90 Å². The van der Waals surface area contributed by atoms with Crippen LogP contribution in [-0.2, 0) is 19.6 Å². The molecule has 2 amide bonds. The van der Waals surface area contributed by atoms with Gasteiger partial charge >= 0.3 is 0 Å². The number of hydrogen-bond acceptors (Lipinski definition) is 4. The molecular weight excluding hydrogens is 330 g/mol. The summed E-state index contributed by atoms with van der Waals surface area (Å²) >= 11 is 0. The van der Waals surface area contributed by atoms with E-state index in [2.05, 4.69) is 5.32 Å². The van der Waals surface area contributed by atoms with Crippen molar-refractivity contribution in [1.29, 1.82) is 0 Å². The van der Waals surface area contributed by atoms with Crippen LogP contribution >= 0.6 is 0 Å². The highest BCUT2D eigenvalue weighted by Crippen LogP contribution is 2.33. The summed E-state index contributed by atoms with van der Waals surface area (Å²) in [4.78, 5) is 26.5. The van der Waals surface area contributed by atoms with Crippen LogP contribution in [0.15, 0.2) is 0 Å². The largest absolute Gasteiger partial charge is 0.354 e. The van der Waals surface area contributed by atoms with Crippen LogP contribution < -0.4 is 5.32 Å². The first-order valence-corrected chi connectivity index (χ1v) is 10.7. The normalized spacial score (nSPS) is 26.5. The van der Waals surface area contributed by atoms with Crippen molar-refractivity contribution in [3.05, 3.63) is 0 Å². The van der Waals surface area contributed by atoms with Gasteiger partial charge in [-0.3, -0.25) is 9.59 Å². The SMILES string of the molecule is CS(=O)(=O)N1CCC(CNC(=O)C2CCCN2C(=O)C2CC2)CC1. The molecule has 0 bridgehead atoms. The van der Waals surface area contributed by atoms with Crippen molar-refractivity contribution >= 4 is 21.8 Å². The van der Waals surface area contributed by atoms with Crippen LogP contribution in [0.5, 0.6) is 0 Å².